The van der Waals surface area contributed by atoms with Gasteiger partial charge in [-0.3, -0.25) is 9.89 Å². The highest BCUT2D eigenvalue weighted by molar-refractivity contribution is 5.92. The molecule has 0 aliphatic heterocycles. The topological polar surface area (TPSA) is 61.0 Å². The van der Waals surface area contributed by atoms with Crippen LogP contribution in [0.3, 0.4) is 0 Å². The van der Waals surface area contributed by atoms with Crippen molar-refractivity contribution in [3.8, 4) is 0 Å². The molecule has 5 nitrogen and oxygen atoms in total. The van der Waals surface area contributed by atoms with Gasteiger partial charge in [-0.2, -0.15) is 5.10 Å². The predicted molar refractivity (Wildman–Crippen MR) is 96.2 cm³/mol. The number of aromatic nitrogens is 2. The Morgan fingerprint density at radius 2 is 1.96 bits per heavy atom. The van der Waals surface area contributed by atoms with Gasteiger partial charge in [0.15, 0.2) is 0 Å². The van der Waals surface area contributed by atoms with Gasteiger partial charge in [0.25, 0.3) is 5.91 Å². The van der Waals surface area contributed by atoms with Crippen LogP contribution in [0.5, 0.6) is 0 Å². The molecule has 0 saturated heterocycles. The van der Waals surface area contributed by atoms with Crippen LogP contribution >= 0.6 is 0 Å². The Morgan fingerprint density at radius 1 is 1.25 bits per heavy atom. The lowest BCUT2D eigenvalue weighted by molar-refractivity contribution is 0.0946. The van der Waals surface area contributed by atoms with Gasteiger partial charge < -0.3 is 10.2 Å². The molecule has 0 bridgehead atoms. The first kappa shape index (κ1) is 16.6. The summed E-state index contributed by atoms with van der Waals surface area (Å²) >= 11 is 0. The van der Waals surface area contributed by atoms with Crippen LogP contribution in [-0.4, -0.2) is 29.2 Å². The van der Waals surface area contributed by atoms with Crippen molar-refractivity contribution >= 4 is 11.6 Å². The molecule has 0 atom stereocenters. The Hall–Kier alpha value is -2.30. The van der Waals surface area contributed by atoms with E-state index in [1.54, 1.807) is 6.07 Å². The maximum Gasteiger partial charge on any atom is 0.272 e. The standard InChI is InChI=1S/C19H26N4O/c1-14-12-18(22-21-14)19(24)20-13-15-8-10-17(11-9-15)23(2)16-6-4-3-5-7-16/h8-12,16H,3-7,13H2,1-2H3,(H,20,24)(H,21,22). The largest absolute Gasteiger partial charge is 0.372 e. The zero-order valence-corrected chi connectivity index (χ0v) is 14.5. The number of H-pyrrole nitrogens is 1. The molecule has 1 aliphatic carbocycles. The zero-order chi connectivity index (χ0) is 16.9. The molecule has 24 heavy (non-hydrogen) atoms. The Morgan fingerprint density at radius 3 is 2.58 bits per heavy atom. The van der Waals surface area contributed by atoms with Crippen LogP contribution < -0.4 is 10.2 Å². The van der Waals surface area contributed by atoms with Crippen molar-refractivity contribution in [3.63, 3.8) is 0 Å². The number of nitrogens with one attached hydrogen (secondary N) is 2. The van der Waals surface area contributed by atoms with Crippen LogP contribution in [0.25, 0.3) is 0 Å². The second kappa shape index (κ2) is 7.51. The van der Waals surface area contributed by atoms with E-state index in [4.69, 9.17) is 0 Å². The molecule has 1 saturated carbocycles. The van der Waals surface area contributed by atoms with Gasteiger partial charge in [0.05, 0.1) is 0 Å². The van der Waals surface area contributed by atoms with Crippen LogP contribution in [0.2, 0.25) is 0 Å². The summed E-state index contributed by atoms with van der Waals surface area (Å²) in [6.07, 6.45) is 6.63. The molecular weight excluding hydrogens is 300 g/mol. The van der Waals surface area contributed by atoms with Gasteiger partial charge in [0.2, 0.25) is 0 Å². The van der Waals surface area contributed by atoms with Crippen molar-refractivity contribution < 1.29 is 4.79 Å². The predicted octanol–water partition coefficient (Wildman–Crippen LogP) is 3.42. The minimum Gasteiger partial charge on any atom is -0.372 e. The van der Waals surface area contributed by atoms with E-state index in [9.17, 15) is 4.79 Å². The molecule has 0 spiro atoms. The Bertz CT molecular complexity index is 671. The molecule has 1 aromatic carbocycles. The summed E-state index contributed by atoms with van der Waals surface area (Å²) in [5.74, 6) is -0.150. The normalized spacial score (nSPS) is 15.2. The van der Waals surface area contributed by atoms with Crippen LogP contribution in [0.4, 0.5) is 5.69 Å². The summed E-state index contributed by atoms with van der Waals surface area (Å²) < 4.78 is 0. The maximum atomic E-state index is 12.0. The first-order chi connectivity index (χ1) is 11.6. The highest BCUT2D eigenvalue weighted by Crippen LogP contribution is 2.26. The third-order valence-electron chi connectivity index (χ3n) is 4.86. The molecule has 2 N–H and O–H groups in total. The minimum atomic E-state index is -0.150. The van der Waals surface area contributed by atoms with Gasteiger partial charge >= 0.3 is 0 Å². The minimum absolute atomic E-state index is 0.150. The quantitative estimate of drug-likeness (QED) is 0.885. The lowest BCUT2D eigenvalue weighted by atomic mass is 9.94. The first-order valence-electron chi connectivity index (χ1n) is 8.75. The van der Waals surface area contributed by atoms with E-state index in [1.807, 2.05) is 6.92 Å². The van der Waals surface area contributed by atoms with E-state index in [-0.39, 0.29) is 5.91 Å². The number of amides is 1. The third-order valence-corrected chi connectivity index (χ3v) is 4.86. The molecule has 1 aliphatic rings. The zero-order valence-electron chi connectivity index (χ0n) is 14.5. The molecule has 1 fully saturated rings. The first-order valence-corrected chi connectivity index (χ1v) is 8.75. The molecular formula is C19H26N4O. The number of hydrogen-bond acceptors (Lipinski definition) is 3. The van der Waals surface area contributed by atoms with Crippen molar-refractivity contribution in [1.29, 1.82) is 0 Å². The van der Waals surface area contributed by atoms with E-state index in [1.165, 1.54) is 37.8 Å². The Balaban J connectivity index is 1.55. The molecule has 1 amide bonds. The third kappa shape index (κ3) is 3.96. The number of rotatable bonds is 5. The fourth-order valence-corrected chi connectivity index (χ4v) is 3.34. The van der Waals surface area contributed by atoms with Crippen LogP contribution in [0, 0.1) is 6.92 Å². The van der Waals surface area contributed by atoms with Gasteiger partial charge in [0, 0.05) is 31.0 Å². The number of nitrogens with zero attached hydrogens (tertiary/aromatic N) is 2. The SMILES string of the molecule is Cc1cc(C(=O)NCc2ccc(N(C)C3CCCCC3)cc2)n[nH]1. The molecule has 2 aromatic rings. The van der Waals surface area contributed by atoms with Crippen molar-refractivity contribution in [2.24, 2.45) is 0 Å². The summed E-state index contributed by atoms with van der Waals surface area (Å²) in [7, 11) is 2.19. The molecule has 1 heterocycles. The Labute approximate surface area is 143 Å². The fourth-order valence-electron chi connectivity index (χ4n) is 3.34. The average molecular weight is 326 g/mol. The summed E-state index contributed by atoms with van der Waals surface area (Å²) in [5, 5.41) is 9.66. The number of aromatic amines is 1. The molecule has 0 unspecified atom stereocenters. The monoisotopic (exact) mass is 326 g/mol. The number of benzene rings is 1. The molecule has 128 valence electrons. The van der Waals surface area contributed by atoms with Crippen molar-refractivity contribution in [2.75, 3.05) is 11.9 Å². The van der Waals surface area contributed by atoms with E-state index < -0.39 is 0 Å². The van der Waals surface area contributed by atoms with Crippen molar-refractivity contribution in [1.82, 2.24) is 15.5 Å². The number of anilines is 1. The lowest BCUT2D eigenvalue weighted by Crippen LogP contribution is -2.33. The second-order valence-electron chi connectivity index (χ2n) is 6.69. The number of aryl methyl sites for hydroxylation is 1. The van der Waals surface area contributed by atoms with Gasteiger partial charge in [-0.25, -0.2) is 0 Å². The number of hydrogen-bond donors (Lipinski definition) is 2. The number of carbonyl (C=O) groups is 1. The Kier molecular flexibility index (Phi) is 5.18. The molecule has 1 aromatic heterocycles. The van der Waals surface area contributed by atoms with Crippen molar-refractivity contribution in [3.05, 3.63) is 47.3 Å². The van der Waals surface area contributed by atoms with Gasteiger partial charge in [-0.05, 0) is 43.5 Å². The summed E-state index contributed by atoms with van der Waals surface area (Å²) in [6.45, 7) is 2.39. The van der Waals surface area contributed by atoms with Crippen LogP contribution in [0.15, 0.2) is 30.3 Å². The van der Waals surface area contributed by atoms with E-state index >= 15 is 0 Å². The fraction of sp³-hybridized carbons (Fsp3) is 0.474. The van der Waals surface area contributed by atoms with Crippen molar-refractivity contribution in [2.45, 2.75) is 51.6 Å². The van der Waals surface area contributed by atoms with Gasteiger partial charge in [0.1, 0.15) is 5.69 Å². The summed E-state index contributed by atoms with van der Waals surface area (Å²) in [5.41, 5.74) is 3.66. The van der Waals surface area contributed by atoms with Gasteiger partial charge in [-0.15, -0.1) is 0 Å². The lowest BCUT2D eigenvalue weighted by Gasteiger charge is -2.33. The second-order valence-corrected chi connectivity index (χ2v) is 6.69. The maximum absolute atomic E-state index is 12.0. The van der Waals surface area contributed by atoms with Crippen LogP contribution in [-0.2, 0) is 6.54 Å². The highest BCUT2D eigenvalue weighted by Gasteiger charge is 2.18. The molecule has 0 radical (unpaired) electrons. The van der Waals surface area contributed by atoms with E-state index in [0.717, 1.165) is 11.3 Å². The number of carbonyl (C=O) groups excluding carboxylic acids is 1. The summed E-state index contributed by atoms with van der Waals surface area (Å²) in [6, 6.07) is 10.9. The van der Waals surface area contributed by atoms with E-state index in [0.29, 0.717) is 18.3 Å². The smallest absolute Gasteiger partial charge is 0.272 e. The van der Waals surface area contributed by atoms with Gasteiger partial charge in [-0.1, -0.05) is 31.4 Å². The average Bonchev–Trinajstić information content (AvgIpc) is 3.07. The summed E-state index contributed by atoms with van der Waals surface area (Å²) in [4.78, 5) is 14.4. The molecule has 5 heteroatoms. The van der Waals surface area contributed by atoms with Crippen LogP contribution in [0.1, 0.15) is 53.8 Å². The molecule has 3 rings (SSSR count). The highest BCUT2D eigenvalue weighted by atomic mass is 16.1. The van der Waals surface area contributed by atoms with E-state index in [2.05, 4.69) is 51.7 Å².